The van der Waals surface area contributed by atoms with Crippen LogP contribution in [0.5, 0.6) is 0 Å². The van der Waals surface area contributed by atoms with E-state index in [1.807, 2.05) is 0 Å². The minimum atomic E-state index is 0. The second-order valence-electron chi connectivity index (χ2n) is 1.97. The smallest absolute Gasteiger partial charge is 0.555 e. The average molecular weight is 368 g/mol. The normalized spacial score (nSPS) is 7.80. The van der Waals surface area contributed by atoms with Crippen LogP contribution in [0.15, 0.2) is 0 Å². The molecular formula is C8H18OU. The van der Waals surface area contributed by atoms with E-state index in [9.17, 15) is 0 Å². The zero-order valence-corrected chi connectivity index (χ0v) is 11.3. The molecule has 0 aliphatic heterocycles. The Hall–Kier alpha value is 1.01. The third kappa shape index (κ3) is 16.0. The van der Waals surface area contributed by atoms with E-state index < -0.39 is 0 Å². The van der Waals surface area contributed by atoms with Crippen LogP contribution in [0.25, 0.3) is 0 Å². The third-order valence-electron chi connectivity index (χ3n) is 1.14. The first-order valence-corrected chi connectivity index (χ1v) is 3.28. The van der Waals surface area contributed by atoms with Gasteiger partial charge in [-0.3, -0.25) is 0 Å². The van der Waals surface area contributed by atoms with Crippen LogP contribution >= 0.6 is 0 Å². The third-order valence-corrected chi connectivity index (χ3v) is 1.14. The van der Waals surface area contributed by atoms with E-state index in [0.29, 0.717) is 0 Å². The van der Waals surface area contributed by atoms with Crippen molar-refractivity contribution in [3.05, 3.63) is 14.5 Å². The van der Waals surface area contributed by atoms with Crippen molar-refractivity contribution in [1.29, 1.82) is 0 Å². The topological polar surface area (TPSA) is 9.23 Å². The van der Waals surface area contributed by atoms with Crippen molar-refractivity contribution >= 4 is 0 Å². The molecule has 60 valence electrons. The quantitative estimate of drug-likeness (QED) is 0.536. The molecule has 0 aliphatic carbocycles. The Morgan fingerprint density at radius 1 is 1.20 bits per heavy atom. The van der Waals surface area contributed by atoms with Gasteiger partial charge >= 0.3 is 31.1 Å². The van der Waals surface area contributed by atoms with E-state index in [1.165, 1.54) is 19.3 Å². The van der Waals surface area contributed by atoms with Crippen LogP contribution in [0.3, 0.4) is 0 Å². The van der Waals surface area contributed by atoms with Gasteiger partial charge in [0.2, 0.25) is 0 Å². The molecule has 0 aromatic heterocycles. The van der Waals surface area contributed by atoms with Crippen LogP contribution in [0.4, 0.5) is 0 Å². The van der Waals surface area contributed by atoms with Gasteiger partial charge in [-0.2, -0.15) is 0 Å². The Morgan fingerprint density at radius 2 is 1.80 bits per heavy atom. The molecule has 2 heteroatoms. The second kappa shape index (κ2) is 16.5. The molecule has 0 atom stereocenters. The van der Waals surface area contributed by atoms with Crippen molar-refractivity contribution in [2.24, 2.45) is 0 Å². The zero-order chi connectivity index (χ0) is 6.24. The van der Waals surface area contributed by atoms with E-state index in [2.05, 4.69) is 18.8 Å². The van der Waals surface area contributed by atoms with Gasteiger partial charge in [0.05, 0.1) is 0 Å². The maximum absolute atomic E-state index is 4.64. The van der Waals surface area contributed by atoms with Gasteiger partial charge in [-0.05, 0) is 6.42 Å². The summed E-state index contributed by atoms with van der Waals surface area (Å²) >= 11 is 0. The number of ether oxygens (including phenoxy) is 1. The van der Waals surface area contributed by atoms with Crippen molar-refractivity contribution in [3.63, 3.8) is 0 Å². The van der Waals surface area contributed by atoms with Crippen molar-refractivity contribution in [2.75, 3.05) is 6.61 Å². The molecule has 1 nitrogen and oxygen atoms in total. The summed E-state index contributed by atoms with van der Waals surface area (Å²) in [6, 6.07) is 0. The van der Waals surface area contributed by atoms with Crippen LogP contribution in [0.2, 0.25) is 0 Å². The van der Waals surface area contributed by atoms with E-state index in [0.717, 1.165) is 13.0 Å². The minimum Gasteiger partial charge on any atom is -0.555 e. The Bertz CT molecular complexity index is 34.2. The Morgan fingerprint density at radius 3 is 2.20 bits per heavy atom. The summed E-state index contributed by atoms with van der Waals surface area (Å²) in [5, 5.41) is 0. The fourth-order valence-electron chi connectivity index (χ4n) is 0.631. The molecule has 0 amide bonds. The van der Waals surface area contributed by atoms with Crippen LogP contribution in [-0.2, 0) is 4.74 Å². The molecule has 10 heavy (non-hydrogen) atoms. The van der Waals surface area contributed by atoms with Crippen LogP contribution < -0.4 is 0 Å². The predicted molar refractivity (Wildman–Crippen MR) is 41.9 cm³/mol. The van der Waals surface area contributed by atoms with Gasteiger partial charge in [0, 0.05) is 6.61 Å². The fraction of sp³-hybridized carbons (Fsp3) is 0.750. The molecule has 0 N–H and O–H groups in total. The van der Waals surface area contributed by atoms with E-state index in [1.54, 1.807) is 0 Å². The van der Waals surface area contributed by atoms with Gasteiger partial charge in [0.15, 0.2) is 0 Å². The summed E-state index contributed by atoms with van der Waals surface area (Å²) in [5.74, 6) is 0. The maximum Gasteiger partial charge on any atom is 2.00 e. The van der Waals surface area contributed by atoms with Gasteiger partial charge in [0.25, 0.3) is 0 Å². The predicted octanol–water partition coefficient (Wildman–Crippen LogP) is 2.83. The molecule has 0 unspecified atom stereocenters. The molecule has 0 fully saturated rings. The summed E-state index contributed by atoms with van der Waals surface area (Å²) in [7, 11) is 3.28. The molecule has 0 rings (SSSR count). The summed E-state index contributed by atoms with van der Waals surface area (Å²) in [5.41, 5.74) is 0. The SMILES string of the molecule is [CH2-]OCCCCCC.[CH3-].[U+2]. The second-order valence-corrected chi connectivity index (χ2v) is 1.97. The summed E-state index contributed by atoms with van der Waals surface area (Å²) < 4.78 is 4.64. The van der Waals surface area contributed by atoms with Crippen molar-refractivity contribution < 1.29 is 35.9 Å². The molecule has 0 aromatic carbocycles. The van der Waals surface area contributed by atoms with E-state index in [4.69, 9.17) is 0 Å². The number of unbranched alkanes of at least 4 members (excludes halogenated alkanes) is 3. The van der Waals surface area contributed by atoms with Crippen LogP contribution in [-0.4, -0.2) is 6.61 Å². The van der Waals surface area contributed by atoms with E-state index >= 15 is 0 Å². The summed E-state index contributed by atoms with van der Waals surface area (Å²) in [6.45, 7) is 3.02. The van der Waals surface area contributed by atoms with Crippen molar-refractivity contribution in [1.82, 2.24) is 0 Å². The zero-order valence-electron chi connectivity index (χ0n) is 7.15. The standard InChI is InChI=1S/C7H15O.CH3.U/c1-3-4-5-6-7-8-2;;/h2-7H2,1H3;1H3;/q2*-1;+2. The maximum atomic E-state index is 4.64. The van der Waals surface area contributed by atoms with Crippen molar-refractivity contribution in [3.8, 4) is 0 Å². The fourth-order valence-corrected chi connectivity index (χ4v) is 0.631. The van der Waals surface area contributed by atoms with E-state index in [-0.39, 0.29) is 38.5 Å². The Labute approximate surface area is 89.3 Å². The van der Waals surface area contributed by atoms with Gasteiger partial charge < -0.3 is 12.2 Å². The first kappa shape index (κ1) is 17.2. The number of hydrogen-bond donors (Lipinski definition) is 0. The molecule has 0 spiro atoms. The molecule has 0 radical (unpaired) electrons. The first-order valence-electron chi connectivity index (χ1n) is 3.28. The average Bonchev–Trinajstić information content (AvgIpc) is 1.81. The number of rotatable bonds is 5. The Kier molecular flexibility index (Phi) is 28.4. The largest absolute Gasteiger partial charge is 2.00 e. The summed E-state index contributed by atoms with van der Waals surface area (Å²) in [6.07, 6.45) is 5.06. The first-order chi connectivity index (χ1) is 3.91. The monoisotopic (exact) mass is 368 g/mol. The molecule has 0 aromatic rings. The Balaban J connectivity index is -0.000000245. The molecule has 0 saturated heterocycles. The minimum absolute atomic E-state index is 0. The molecule has 0 aliphatic rings. The van der Waals surface area contributed by atoms with Crippen molar-refractivity contribution in [2.45, 2.75) is 32.6 Å². The molecule has 0 heterocycles. The molecule has 0 saturated carbocycles. The van der Waals surface area contributed by atoms with Gasteiger partial charge in [-0.1, -0.05) is 26.2 Å². The molecule has 0 bridgehead atoms. The van der Waals surface area contributed by atoms with Gasteiger partial charge in [-0.15, -0.1) is 0 Å². The van der Waals surface area contributed by atoms with Crippen LogP contribution in [0.1, 0.15) is 32.6 Å². The molecular weight excluding hydrogens is 350 g/mol. The van der Waals surface area contributed by atoms with Crippen LogP contribution in [0, 0.1) is 45.6 Å². The van der Waals surface area contributed by atoms with Gasteiger partial charge in [0.1, 0.15) is 0 Å². The van der Waals surface area contributed by atoms with Gasteiger partial charge in [-0.25, -0.2) is 7.11 Å². The number of hydrogen-bond acceptors (Lipinski definition) is 1. The summed E-state index contributed by atoms with van der Waals surface area (Å²) in [4.78, 5) is 0.